The van der Waals surface area contributed by atoms with Crippen LogP contribution in [0.25, 0.3) is 0 Å². The number of aryl methyl sites for hydroxylation is 2. The van der Waals surface area contributed by atoms with Crippen LogP contribution in [-0.2, 0) is 0 Å². The highest BCUT2D eigenvalue weighted by Crippen LogP contribution is 2.31. The average Bonchev–Trinajstić information content (AvgIpc) is 2.41. The first-order valence-electron chi connectivity index (χ1n) is 5.99. The zero-order chi connectivity index (χ0) is 14.9. The van der Waals surface area contributed by atoms with Crippen LogP contribution in [0.15, 0.2) is 36.4 Å². The summed E-state index contributed by atoms with van der Waals surface area (Å²) in [5, 5.41) is 20.5. The van der Waals surface area contributed by atoms with E-state index in [1.165, 1.54) is 13.0 Å². The number of nitro groups is 1. The van der Waals surface area contributed by atoms with Crippen molar-refractivity contribution in [2.24, 2.45) is 0 Å². The van der Waals surface area contributed by atoms with Crippen molar-refractivity contribution in [3.63, 3.8) is 0 Å². The lowest BCUT2D eigenvalue weighted by molar-refractivity contribution is -0.385. The standard InChI is InChI=1S/C15H13NO4/c1-9-3-5-11(6-4-9)15(18)12-7-10(2)14(17)13(8-12)16(19)20/h3-8,17H,1-2H3. The molecule has 2 aromatic carbocycles. The first-order chi connectivity index (χ1) is 9.40. The Labute approximate surface area is 115 Å². The number of hydrogen-bond donors (Lipinski definition) is 1. The monoisotopic (exact) mass is 271 g/mol. The molecular formula is C15H13NO4. The lowest BCUT2D eigenvalue weighted by atomic mass is 9.99. The van der Waals surface area contributed by atoms with Gasteiger partial charge in [0, 0.05) is 17.2 Å². The minimum Gasteiger partial charge on any atom is -0.502 e. The van der Waals surface area contributed by atoms with E-state index in [1.807, 2.05) is 6.92 Å². The van der Waals surface area contributed by atoms with Gasteiger partial charge in [-0.1, -0.05) is 29.8 Å². The molecule has 0 spiro atoms. The van der Waals surface area contributed by atoms with Crippen LogP contribution in [0.1, 0.15) is 27.0 Å². The number of phenolic OH excluding ortho intramolecular Hbond substituents is 1. The Kier molecular flexibility index (Phi) is 3.52. The number of carbonyl (C=O) groups is 1. The Hall–Kier alpha value is -2.69. The van der Waals surface area contributed by atoms with Crippen molar-refractivity contribution in [2.45, 2.75) is 13.8 Å². The minimum atomic E-state index is -0.700. The van der Waals surface area contributed by atoms with Crippen LogP contribution in [0.2, 0.25) is 0 Å². The third kappa shape index (κ3) is 2.51. The topological polar surface area (TPSA) is 80.4 Å². The predicted octanol–water partition coefficient (Wildman–Crippen LogP) is 3.15. The molecule has 1 N–H and O–H groups in total. The maximum absolute atomic E-state index is 12.3. The maximum Gasteiger partial charge on any atom is 0.311 e. The molecule has 0 fully saturated rings. The SMILES string of the molecule is Cc1ccc(C(=O)c2cc(C)c(O)c([N+](=O)[O-])c2)cc1. The molecular weight excluding hydrogens is 258 g/mol. The van der Waals surface area contributed by atoms with E-state index >= 15 is 0 Å². The summed E-state index contributed by atoms with van der Waals surface area (Å²) in [6, 6.07) is 9.50. The molecule has 5 heteroatoms. The fraction of sp³-hybridized carbons (Fsp3) is 0.133. The van der Waals surface area contributed by atoms with Gasteiger partial charge in [-0.25, -0.2) is 0 Å². The highest BCUT2D eigenvalue weighted by molar-refractivity contribution is 6.09. The molecule has 0 radical (unpaired) electrons. The van der Waals surface area contributed by atoms with Gasteiger partial charge in [0.15, 0.2) is 11.5 Å². The van der Waals surface area contributed by atoms with Gasteiger partial charge < -0.3 is 5.11 Å². The van der Waals surface area contributed by atoms with Crippen LogP contribution < -0.4 is 0 Å². The molecule has 2 aromatic rings. The van der Waals surface area contributed by atoms with Gasteiger partial charge in [0.2, 0.25) is 0 Å². The summed E-state index contributed by atoms with van der Waals surface area (Å²) in [6.45, 7) is 3.43. The average molecular weight is 271 g/mol. The van der Waals surface area contributed by atoms with Gasteiger partial charge in [0.05, 0.1) is 4.92 Å². The van der Waals surface area contributed by atoms with Gasteiger partial charge in [-0.3, -0.25) is 14.9 Å². The number of benzene rings is 2. The van der Waals surface area contributed by atoms with E-state index in [4.69, 9.17) is 0 Å². The third-order valence-electron chi connectivity index (χ3n) is 3.05. The summed E-state index contributed by atoms with van der Waals surface area (Å²) in [5.74, 6) is -0.716. The van der Waals surface area contributed by atoms with Crippen LogP contribution in [0.5, 0.6) is 5.75 Å². The highest BCUT2D eigenvalue weighted by atomic mass is 16.6. The number of nitro benzene ring substituents is 1. The lowest BCUT2D eigenvalue weighted by Gasteiger charge is -2.05. The molecule has 0 aromatic heterocycles. The second-order valence-corrected chi connectivity index (χ2v) is 4.61. The molecule has 102 valence electrons. The van der Waals surface area contributed by atoms with E-state index in [9.17, 15) is 20.0 Å². The van der Waals surface area contributed by atoms with E-state index < -0.39 is 16.4 Å². The summed E-state index contributed by atoms with van der Waals surface area (Å²) in [5.41, 5.74) is 1.51. The first-order valence-corrected chi connectivity index (χ1v) is 5.99. The number of aromatic hydroxyl groups is 1. The Morgan fingerprint density at radius 3 is 2.25 bits per heavy atom. The van der Waals surface area contributed by atoms with Crippen molar-refractivity contribution < 1.29 is 14.8 Å². The van der Waals surface area contributed by atoms with Crippen molar-refractivity contribution >= 4 is 11.5 Å². The smallest absolute Gasteiger partial charge is 0.311 e. The zero-order valence-corrected chi connectivity index (χ0v) is 11.1. The number of rotatable bonds is 3. The molecule has 0 amide bonds. The normalized spacial score (nSPS) is 10.3. The number of hydrogen-bond acceptors (Lipinski definition) is 4. The van der Waals surface area contributed by atoms with Gasteiger partial charge in [-0.2, -0.15) is 0 Å². The minimum absolute atomic E-state index is 0.191. The number of phenols is 1. The Morgan fingerprint density at radius 1 is 1.10 bits per heavy atom. The Balaban J connectivity index is 2.50. The van der Waals surface area contributed by atoms with Crippen molar-refractivity contribution in [3.8, 4) is 5.75 Å². The van der Waals surface area contributed by atoms with Crippen LogP contribution in [0.3, 0.4) is 0 Å². The fourth-order valence-electron chi connectivity index (χ4n) is 1.90. The summed E-state index contributed by atoms with van der Waals surface area (Å²) in [4.78, 5) is 22.5. The van der Waals surface area contributed by atoms with Gasteiger partial charge in [0.1, 0.15) is 0 Å². The van der Waals surface area contributed by atoms with Gasteiger partial charge in [0.25, 0.3) is 0 Å². The Bertz CT molecular complexity index is 690. The molecule has 0 saturated heterocycles. The summed E-state index contributed by atoms with van der Waals surface area (Å²) in [6.07, 6.45) is 0. The zero-order valence-electron chi connectivity index (χ0n) is 11.1. The number of carbonyl (C=O) groups excluding carboxylic acids is 1. The second kappa shape index (κ2) is 5.13. The van der Waals surface area contributed by atoms with Crippen molar-refractivity contribution in [1.82, 2.24) is 0 Å². The van der Waals surface area contributed by atoms with Crippen molar-refractivity contribution in [1.29, 1.82) is 0 Å². The van der Waals surface area contributed by atoms with Crippen LogP contribution in [0, 0.1) is 24.0 Å². The predicted molar refractivity (Wildman–Crippen MR) is 74.1 cm³/mol. The van der Waals surface area contributed by atoms with Crippen LogP contribution >= 0.6 is 0 Å². The highest BCUT2D eigenvalue weighted by Gasteiger charge is 2.20. The van der Waals surface area contributed by atoms with E-state index in [2.05, 4.69) is 0 Å². The van der Waals surface area contributed by atoms with E-state index in [-0.39, 0.29) is 11.3 Å². The fourth-order valence-corrected chi connectivity index (χ4v) is 1.90. The van der Waals surface area contributed by atoms with Gasteiger partial charge in [-0.15, -0.1) is 0 Å². The molecule has 0 unspecified atom stereocenters. The number of ketones is 1. The van der Waals surface area contributed by atoms with E-state index in [0.29, 0.717) is 11.1 Å². The second-order valence-electron chi connectivity index (χ2n) is 4.61. The van der Waals surface area contributed by atoms with Crippen LogP contribution in [0.4, 0.5) is 5.69 Å². The molecule has 0 saturated carbocycles. The molecule has 0 bridgehead atoms. The quantitative estimate of drug-likeness (QED) is 0.528. The Morgan fingerprint density at radius 2 is 1.70 bits per heavy atom. The molecule has 0 heterocycles. The molecule has 0 aliphatic rings. The summed E-state index contributed by atoms with van der Waals surface area (Å²) in [7, 11) is 0. The molecule has 2 rings (SSSR count). The van der Waals surface area contributed by atoms with Gasteiger partial charge in [-0.05, 0) is 25.5 Å². The lowest BCUT2D eigenvalue weighted by Crippen LogP contribution is -2.03. The molecule has 0 atom stereocenters. The summed E-state index contributed by atoms with van der Waals surface area (Å²) >= 11 is 0. The molecule has 0 aliphatic carbocycles. The summed E-state index contributed by atoms with van der Waals surface area (Å²) < 4.78 is 0. The van der Waals surface area contributed by atoms with Crippen molar-refractivity contribution in [3.05, 3.63) is 68.8 Å². The third-order valence-corrected chi connectivity index (χ3v) is 3.05. The maximum atomic E-state index is 12.3. The molecule has 0 aliphatic heterocycles. The van der Waals surface area contributed by atoms with E-state index in [1.54, 1.807) is 24.3 Å². The van der Waals surface area contributed by atoms with Crippen LogP contribution in [-0.4, -0.2) is 15.8 Å². The molecule has 20 heavy (non-hydrogen) atoms. The van der Waals surface area contributed by atoms with Crippen molar-refractivity contribution in [2.75, 3.05) is 0 Å². The number of nitrogens with zero attached hydrogens (tertiary/aromatic N) is 1. The first kappa shape index (κ1) is 13.7. The van der Waals surface area contributed by atoms with E-state index in [0.717, 1.165) is 11.6 Å². The van der Waals surface area contributed by atoms with Gasteiger partial charge >= 0.3 is 5.69 Å². The molecule has 5 nitrogen and oxygen atoms in total. The largest absolute Gasteiger partial charge is 0.502 e.